The number of carbonyl (C=O) groups is 1. The van der Waals surface area contributed by atoms with Crippen LogP contribution in [-0.4, -0.2) is 37.2 Å². The van der Waals surface area contributed by atoms with Crippen LogP contribution in [-0.2, 0) is 16.1 Å². The smallest absolute Gasteiger partial charge is 0.310 e. The highest BCUT2D eigenvalue weighted by Gasteiger charge is 2.32. The molecule has 1 aliphatic heterocycles. The second-order valence-electron chi connectivity index (χ2n) is 10.9. The summed E-state index contributed by atoms with van der Waals surface area (Å²) in [6, 6.07) is 10.9. The van der Waals surface area contributed by atoms with Gasteiger partial charge in [0.05, 0.1) is 19.1 Å². The van der Waals surface area contributed by atoms with Crippen LogP contribution in [0.15, 0.2) is 30.3 Å². The van der Waals surface area contributed by atoms with Gasteiger partial charge in [0, 0.05) is 18.7 Å². The van der Waals surface area contributed by atoms with E-state index in [1.54, 1.807) is 0 Å². The van der Waals surface area contributed by atoms with Crippen molar-refractivity contribution >= 4 is 16.7 Å². The van der Waals surface area contributed by atoms with Crippen molar-refractivity contribution in [2.75, 3.05) is 20.2 Å². The average molecular weight is 438 g/mol. The Balaban J connectivity index is 1.57. The van der Waals surface area contributed by atoms with Gasteiger partial charge < -0.3 is 9.47 Å². The van der Waals surface area contributed by atoms with Crippen LogP contribution in [0.3, 0.4) is 0 Å². The fourth-order valence-corrected chi connectivity index (χ4v) is 5.64. The summed E-state index contributed by atoms with van der Waals surface area (Å²) in [5.41, 5.74) is 2.90. The van der Waals surface area contributed by atoms with Crippen molar-refractivity contribution in [1.29, 1.82) is 0 Å². The first-order valence-electron chi connectivity index (χ1n) is 12.2. The average Bonchev–Trinajstić information content (AvgIpc) is 3.24. The predicted octanol–water partition coefficient (Wildman–Crippen LogP) is 6.13. The molecule has 0 N–H and O–H groups in total. The summed E-state index contributed by atoms with van der Waals surface area (Å²) in [7, 11) is 1.48. The van der Waals surface area contributed by atoms with Gasteiger partial charge in [0.2, 0.25) is 0 Å². The van der Waals surface area contributed by atoms with Crippen molar-refractivity contribution in [3.8, 4) is 5.75 Å². The second kappa shape index (κ2) is 9.43. The van der Waals surface area contributed by atoms with Gasteiger partial charge >= 0.3 is 5.97 Å². The van der Waals surface area contributed by atoms with E-state index in [1.165, 1.54) is 41.9 Å². The van der Waals surface area contributed by atoms with Gasteiger partial charge in [-0.05, 0) is 79.3 Å². The summed E-state index contributed by atoms with van der Waals surface area (Å²) in [6.07, 6.45) is 5.88. The Kier molecular flexibility index (Phi) is 6.80. The minimum Gasteiger partial charge on any atom is -0.490 e. The number of carbonyl (C=O) groups excluding carboxylic acids is 1. The normalized spacial score (nSPS) is 24.6. The van der Waals surface area contributed by atoms with Gasteiger partial charge in [0.25, 0.3) is 0 Å². The van der Waals surface area contributed by atoms with Gasteiger partial charge in [-0.2, -0.15) is 0 Å². The summed E-state index contributed by atoms with van der Waals surface area (Å²) >= 11 is 0. The zero-order valence-electron chi connectivity index (χ0n) is 20.4. The molecule has 2 fully saturated rings. The first-order valence-corrected chi connectivity index (χ1v) is 12.2. The van der Waals surface area contributed by atoms with E-state index in [4.69, 9.17) is 9.47 Å². The molecule has 0 radical (unpaired) electrons. The zero-order chi connectivity index (χ0) is 22.9. The number of esters is 1. The summed E-state index contributed by atoms with van der Waals surface area (Å²) in [6.45, 7) is 11.7. The van der Waals surface area contributed by atoms with E-state index >= 15 is 0 Å². The van der Waals surface area contributed by atoms with Crippen molar-refractivity contribution < 1.29 is 14.3 Å². The zero-order valence-corrected chi connectivity index (χ0v) is 20.4. The first-order chi connectivity index (χ1) is 15.3. The Hall–Kier alpha value is -2.07. The van der Waals surface area contributed by atoms with Crippen molar-refractivity contribution in [1.82, 2.24) is 4.90 Å². The third-order valence-electron chi connectivity index (χ3n) is 7.70. The quantitative estimate of drug-likeness (QED) is 0.528. The van der Waals surface area contributed by atoms with Crippen LogP contribution in [0.5, 0.6) is 5.75 Å². The lowest BCUT2D eigenvalue weighted by molar-refractivity contribution is -0.144. The molecule has 174 valence electrons. The maximum Gasteiger partial charge on any atom is 0.310 e. The van der Waals surface area contributed by atoms with Gasteiger partial charge in [0.15, 0.2) is 0 Å². The van der Waals surface area contributed by atoms with Crippen LogP contribution >= 0.6 is 0 Å². The lowest BCUT2D eigenvalue weighted by atomic mass is 9.72. The van der Waals surface area contributed by atoms with Crippen molar-refractivity contribution in [2.24, 2.45) is 17.3 Å². The van der Waals surface area contributed by atoms with E-state index in [1.807, 2.05) is 0 Å². The SMILES string of the molecule is COC(=O)C1CCN(Cc2c(OC3CCC(C(C)(C)C)CC3)cc(C)c3ccccc23)C1. The molecule has 4 heteroatoms. The largest absolute Gasteiger partial charge is 0.490 e. The van der Waals surface area contributed by atoms with E-state index in [2.05, 4.69) is 62.9 Å². The van der Waals surface area contributed by atoms with Crippen LogP contribution in [0.1, 0.15) is 64.0 Å². The number of benzene rings is 2. The molecule has 1 unspecified atom stereocenters. The van der Waals surface area contributed by atoms with Crippen LogP contribution in [0.4, 0.5) is 0 Å². The molecular formula is C28H39NO3. The van der Waals surface area contributed by atoms with E-state index in [9.17, 15) is 4.79 Å². The van der Waals surface area contributed by atoms with E-state index in [-0.39, 0.29) is 18.0 Å². The summed E-state index contributed by atoms with van der Waals surface area (Å²) < 4.78 is 11.7. The maximum absolute atomic E-state index is 12.0. The number of likely N-dealkylation sites (tertiary alicyclic amines) is 1. The van der Waals surface area contributed by atoms with E-state index in [0.717, 1.165) is 50.6 Å². The van der Waals surface area contributed by atoms with Crippen LogP contribution < -0.4 is 4.74 Å². The molecule has 4 nitrogen and oxygen atoms in total. The number of fused-ring (bicyclic) bond motifs is 1. The molecule has 0 spiro atoms. The number of rotatable bonds is 5. The van der Waals surface area contributed by atoms with E-state index < -0.39 is 0 Å². The number of aryl methyl sites for hydroxylation is 1. The fourth-order valence-electron chi connectivity index (χ4n) is 5.64. The molecule has 0 amide bonds. The highest BCUT2D eigenvalue weighted by Crippen LogP contribution is 2.40. The van der Waals surface area contributed by atoms with Gasteiger partial charge in [-0.3, -0.25) is 9.69 Å². The third-order valence-corrected chi connectivity index (χ3v) is 7.70. The van der Waals surface area contributed by atoms with Crippen LogP contribution in [0, 0.1) is 24.2 Å². The second-order valence-corrected chi connectivity index (χ2v) is 10.9. The molecule has 2 aromatic carbocycles. The van der Waals surface area contributed by atoms with Crippen molar-refractivity contribution in [3.05, 3.63) is 41.5 Å². The topological polar surface area (TPSA) is 38.8 Å². The summed E-state index contributed by atoms with van der Waals surface area (Å²) in [4.78, 5) is 14.4. The maximum atomic E-state index is 12.0. The molecule has 1 saturated heterocycles. The van der Waals surface area contributed by atoms with E-state index in [0.29, 0.717) is 5.41 Å². The molecule has 1 aliphatic carbocycles. The third kappa shape index (κ3) is 4.96. The predicted molar refractivity (Wildman–Crippen MR) is 130 cm³/mol. The fraction of sp³-hybridized carbons (Fsp3) is 0.607. The molecular weight excluding hydrogens is 398 g/mol. The molecule has 1 heterocycles. The Bertz CT molecular complexity index is 953. The minimum absolute atomic E-state index is 0.0197. The van der Waals surface area contributed by atoms with Gasteiger partial charge in [-0.1, -0.05) is 45.0 Å². The molecule has 32 heavy (non-hydrogen) atoms. The van der Waals surface area contributed by atoms with Crippen LogP contribution in [0.2, 0.25) is 0 Å². The monoisotopic (exact) mass is 437 g/mol. The Morgan fingerprint density at radius 3 is 2.41 bits per heavy atom. The lowest BCUT2D eigenvalue weighted by Crippen LogP contribution is -2.31. The summed E-state index contributed by atoms with van der Waals surface area (Å²) in [5, 5.41) is 2.56. The molecule has 0 aromatic heterocycles. The van der Waals surface area contributed by atoms with Gasteiger partial charge in [-0.25, -0.2) is 0 Å². The summed E-state index contributed by atoms with van der Waals surface area (Å²) in [5.74, 6) is 1.70. The lowest BCUT2D eigenvalue weighted by Gasteiger charge is -2.37. The minimum atomic E-state index is -0.0895. The van der Waals surface area contributed by atoms with Crippen molar-refractivity contribution in [3.63, 3.8) is 0 Å². The molecule has 2 aliphatic rings. The molecule has 1 saturated carbocycles. The molecule has 4 rings (SSSR count). The first kappa shape index (κ1) is 23.1. The molecule has 1 atom stereocenters. The number of ether oxygens (including phenoxy) is 2. The number of nitrogens with zero attached hydrogens (tertiary/aromatic N) is 1. The standard InChI is InChI=1S/C28H39NO3/c1-19-16-26(32-22-12-10-21(11-13-22)28(2,3)4)25(24-9-7-6-8-23(19)24)18-29-15-14-20(17-29)27(30)31-5/h6-9,16,20-22H,10-15,17-18H2,1-5H3. The van der Waals surface area contributed by atoms with Gasteiger partial charge in [-0.15, -0.1) is 0 Å². The Labute approximate surface area is 193 Å². The number of hydrogen-bond donors (Lipinski definition) is 0. The van der Waals surface area contributed by atoms with Crippen LogP contribution in [0.25, 0.3) is 10.8 Å². The highest BCUT2D eigenvalue weighted by molar-refractivity contribution is 5.90. The molecule has 2 aromatic rings. The molecule has 0 bridgehead atoms. The Morgan fingerprint density at radius 2 is 1.75 bits per heavy atom. The Morgan fingerprint density at radius 1 is 1.06 bits per heavy atom. The number of methoxy groups -OCH3 is 1. The number of hydrogen-bond acceptors (Lipinski definition) is 4. The van der Waals surface area contributed by atoms with Crippen molar-refractivity contribution in [2.45, 2.75) is 72.4 Å². The highest BCUT2D eigenvalue weighted by atomic mass is 16.5. The van der Waals surface area contributed by atoms with Gasteiger partial charge in [0.1, 0.15) is 5.75 Å².